The number of ether oxygens (including phenoxy) is 2. The van der Waals surface area contributed by atoms with Crippen molar-refractivity contribution in [2.24, 2.45) is 5.41 Å². The van der Waals surface area contributed by atoms with E-state index >= 15 is 0 Å². The number of hydrogen-bond donors (Lipinski definition) is 0. The lowest BCUT2D eigenvalue weighted by molar-refractivity contribution is -0.161. The number of sulfone groups is 1. The number of nitrogens with zero attached hydrogens (tertiary/aromatic N) is 1. The van der Waals surface area contributed by atoms with Crippen LogP contribution in [0.4, 0.5) is 0 Å². The molecule has 2 aromatic rings. The third-order valence-corrected chi connectivity index (χ3v) is 9.89. The second-order valence-corrected chi connectivity index (χ2v) is 14.6. The van der Waals surface area contributed by atoms with E-state index in [1.54, 1.807) is 13.0 Å². The molecule has 4 rings (SSSR count). The van der Waals surface area contributed by atoms with E-state index in [0.717, 1.165) is 11.1 Å². The van der Waals surface area contributed by atoms with Crippen LogP contribution >= 0.6 is 23.2 Å². The average Bonchev–Trinajstić information content (AvgIpc) is 3.24. The van der Waals surface area contributed by atoms with Crippen LogP contribution in [-0.4, -0.2) is 49.5 Å². The highest BCUT2D eigenvalue weighted by molar-refractivity contribution is 7.94. The van der Waals surface area contributed by atoms with E-state index in [1.807, 2.05) is 81.1 Å². The molecule has 5 atom stereocenters. The summed E-state index contributed by atoms with van der Waals surface area (Å²) < 4.78 is 36.9. The second kappa shape index (κ2) is 12.1. The van der Waals surface area contributed by atoms with Crippen LogP contribution in [0.3, 0.4) is 0 Å². The van der Waals surface area contributed by atoms with Gasteiger partial charge in [-0.1, -0.05) is 74.3 Å². The van der Waals surface area contributed by atoms with E-state index in [4.69, 9.17) is 32.7 Å². The summed E-state index contributed by atoms with van der Waals surface area (Å²) in [5.74, 6) is -0.876. The smallest absolute Gasteiger partial charge is 0.229 e. The number of rotatable bonds is 9. The SMILES string of the molecule is CCC(/C=C/S(=O)(=O)CC)N1C(=O)[C@@](C)(CC2COC(C)(C)O2)C[C@H](c2cccc(Cl)c2)[C@H]1c1ccc(Cl)cc1. The van der Waals surface area contributed by atoms with Crippen LogP contribution < -0.4 is 0 Å². The Balaban J connectivity index is 1.87. The Bertz CT molecular complexity index is 1340. The van der Waals surface area contributed by atoms with Gasteiger partial charge in [0.05, 0.1) is 30.5 Å². The first-order valence-corrected chi connectivity index (χ1v) is 16.3. The minimum absolute atomic E-state index is 0.00779. The lowest BCUT2D eigenvalue weighted by atomic mass is 9.66. The maximum Gasteiger partial charge on any atom is 0.229 e. The fourth-order valence-corrected chi connectivity index (χ4v) is 6.97. The van der Waals surface area contributed by atoms with Crippen LogP contribution in [0.1, 0.15) is 77.0 Å². The van der Waals surface area contributed by atoms with Crippen molar-refractivity contribution in [1.82, 2.24) is 4.90 Å². The van der Waals surface area contributed by atoms with Crippen LogP contribution in [0.15, 0.2) is 60.0 Å². The predicted octanol–water partition coefficient (Wildman–Crippen LogP) is 7.33. The van der Waals surface area contributed by atoms with Crippen LogP contribution in [0.2, 0.25) is 10.0 Å². The molecule has 0 aliphatic carbocycles. The molecule has 6 nitrogen and oxygen atoms in total. The van der Waals surface area contributed by atoms with Gasteiger partial charge in [0.15, 0.2) is 15.6 Å². The van der Waals surface area contributed by atoms with Gasteiger partial charge in [-0.2, -0.15) is 0 Å². The summed E-state index contributed by atoms with van der Waals surface area (Å²) in [6.45, 7) is 9.73. The number of halogens is 2. The molecule has 2 unspecified atom stereocenters. The number of carbonyl (C=O) groups excluding carboxylic acids is 1. The zero-order valence-corrected chi connectivity index (χ0v) is 26.1. The second-order valence-electron chi connectivity index (χ2n) is 11.5. The van der Waals surface area contributed by atoms with E-state index in [2.05, 4.69) is 0 Å². The van der Waals surface area contributed by atoms with Crippen molar-refractivity contribution in [3.63, 3.8) is 0 Å². The molecule has 0 aromatic heterocycles. The molecule has 2 aliphatic rings. The third kappa shape index (κ3) is 6.93. The third-order valence-electron chi connectivity index (χ3n) is 8.02. The van der Waals surface area contributed by atoms with Crippen molar-refractivity contribution in [3.05, 3.63) is 81.2 Å². The highest BCUT2D eigenvalue weighted by atomic mass is 35.5. The Labute approximate surface area is 248 Å². The molecule has 2 heterocycles. The fourth-order valence-electron chi connectivity index (χ4n) is 6.03. The van der Waals surface area contributed by atoms with Gasteiger partial charge < -0.3 is 14.4 Å². The first-order valence-electron chi connectivity index (χ1n) is 13.8. The van der Waals surface area contributed by atoms with Gasteiger partial charge in [0.25, 0.3) is 0 Å². The minimum Gasteiger partial charge on any atom is -0.348 e. The maximum atomic E-state index is 14.7. The number of carbonyl (C=O) groups is 1. The topological polar surface area (TPSA) is 72.9 Å². The molecule has 2 fully saturated rings. The van der Waals surface area contributed by atoms with Crippen LogP contribution in [0.5, 0.6) is 0 Å². The van der Waals surface area contributed by atoms with Gasteiger partial charge in [0, 0.05) is 26.8 Å². The monoisotopic (exact) mass is 607 g/mol. The summed E-state index contributed by atoms with van der Waals surface area (Å²) in [4.78, 5) is 16.6. The zero-order chi connectivity index (χ0) is 29.3. The molecule has 0 bridgehead atoms. The molecule has 40 heavy (non-hydrogen) atoms. The van der Waals surface area contributed by atoms with Crippen molar-refractivity contribution in [1.29, 1.82) is 0 Å². The van der Waals surface area contributed by atoms with Crippen molar-refractivity contribution >= 4 is 38.9 Å². The molecule has 0 radical (unpaired) electrons. The largest absolute Gasteiger partial charge is 0.348 e. The van der Waals surface area contributed by atoms with Crippen molar-refractivity contribution in [2.75, 3.05) is 12.4 Å². The Morgan fingerprint density at radius 2 is 1.75 bits per heavy atom. The van der Waals surface area contributed by atoms with Gasteiger partial charge in [0.2, 0.25) is 5.91 Å². The Hall–Kier alpha value is -1.90. The summed E-state index contributed by atoms with van der Waals surface area (Å²) in [5.41, 5.74) is 1.14. The highest BCUT2D eigenvalue weighted by Gasteiger charge is 2.53. The quantitative estimate of drug-likeness (QED) is 0.298. The van der Waals surface area contributed by atoms with E-state index in [-0.39, 0.29) is 29.7 Å². The Kier molecular flexibility index (Phi) is 9.42. The number of hydrogen-bond acceptors (Lipinski definition) is 5. The standard InChI is InChI=1S/C31H39Cl2NO5S/c1-6-25(15-16-40(36,37)7-2)34-28(21-11-13-23(32)14-12-21)27(22-9-8-10-24(33)17-22)19-31(5,29(34)35)18-26-20-38-30(3,4)39-26/h8-17,25-28H,6-7,18-20H2,1-5H3/b16-15+/t25?,26?,27-,28-,31+/m1/s1. The lowest BCUT2D eigenvalue weighted by Crippen LogP contribution is -2.56. The van der Waals surface area contributed by atoms with Gasteiger partial charge in [0.1, 0.15) is 0 Å². The van der Waals surface area contributed by atoms with E-state index < -0.39 is 27.1 Å². The maximum absolute atomic E-state index is 14.7. The Morgan fingerprint density at radius 3 is 2.33 bits per heavy atom. The molecule has 0 N–H and O–H groups in total. The number of benzene rings is 2. The van der Waals surface area contributed by atoms with Gasteiger partial charge in [-0.05, 0) is 68.5 Å². The molecular weight excluding hydrogens is 569 g/mol. The molecule has 218 valence electrons. The summed E-state index contributed by atoms with van der Waals surface area (Å²) in [5, 5.41) is 2.47. The fraction of sp³-hybridized carbons (Fsp3) is 0.516. The van der Waals surface area contributed by atoms with Crippen molar-refractivity contribution < 1.29 is 22.7 Å². The van der Waals surface area contributed by atoms with Gasteiger partial charge in [-0.25, -0.2) is 8.42 Å². The molecule has 1 amide bonds. The lowest BCUT2D eigenvalue weighted by Gasteiger charge is -2.52. The Morgan fingerprint density at radius 1 is 1.05 bits per heavy atom. The highest BCUT2D eigenvalue weighted by Crippen LogP contribution is 2.53. The number of amides is 1. The first-order chi connectivity index (χ1) is 18.8. The van der Waals surface area contributed by atoms with Crippen LogP contribution in [0, 0.1) is 5.41 Å². The molecule has 9 heteroatoms. The minimum atomic E-state index is -3.39. The zero-order valence-electron chi connectivity index (χ0n) is 23.8. The van der Waals surface area contributed by atoms with Crippen molar-refractivity contribution in [3.8, 4) is 0 Å². The van der Waals surface area contributed by atoms with Gasteiger partial charge in [-0.15, -0.1) is 0 Å². The average molecular weight is 609 g/mol. The van der Waals surface area contributed by atoms with Crippen LogP contribution in [0.25, 0.3) is 0 Å². The summed E-state index contributed by atoms with van der Waals surface area (Å²) in [6.07, 6.45) is 3.00. The summed E-state index contributed by atoms with van der Waals surface area (Å²) in [7, 11) is -3.39. The molecule has 0 spiro atoms. The predicted molar refractivity (Wildman–Crippen MR) is 160 cm³/mol. The molecule has 0 saturated carbocycles. The van der Waals surface area contributed by atoms with Gasteiger partial charge >= 0.3 is 0 Å². The summed E-state index contributed by atoms with van der Waals surface area (Å²) in [6, 6.07) is 14.5. The normalized spacial score (nSPS) is 27.8. The number of piperidine rings is 1. The molecule has 2 saturated heterocycles. The summed E-state index contributed by atoms with van der Waals surface area (Å²) >= 11 is 12.7. The van der Waals surface area contributed by atoms with E-state index in [0.29, 0.717) is 35.9 Å². The van der Waals surface area contributed by atoms with Gasteiger partial charge in [-0.3, -0.25) is 4.79 Å². The molecule has 2 aliphatic heterocycles. The van der Waals surface area contributed by atoms with Crippen LogP contribution in [-0.2, 0) is 24.1 Å². The van der Waals surface area contributed by atoms with Crippen molar-refractivity contribution in [2.45, 2.75) is 83.8 Å². The van der Waals surface area contributed by atoms with E-state index in [9.17, 15) is 13.2 Å². The molecule has 2 aromatic carbocycles. The van der Waals surface area contributed by atoms with E-state index in [1.165, 1.54) is 5.41 Å². The molecular formula is C31H39Cl2NO5S. The first kappa shape index (κ1) is 31.0. The number of likely N-dealkylation sites (tertiary alicyclic amines) is 1.